The fraction of sp³-hybridized carbons (Fsp3) is 0.261. The van der Waals surface area contributed by atoms with Gasteiger partial charge in [0.1, 0.15) is 5.82 Å². The van der Waals surface area contributed by atoms with Gasteiger partial charge in [0.2, 0.25) is 0 Å². The Hall–Kier alpha value is -3.25. The number of pyridine rings is 2. The van der Waals surface area contributed by atoms with Crippen molar-refractivity contribution < 1.29 is 9.90 Å². The number of benzene rings is 1. The third-order valence-corrected chi connectivity index (χ3v) is 5.11. The standard InChI is InChI=1S/C23H24N4O2/c1-23(2,3)15-7-9-17(10-8-15)27-21(28)18-11-13-25-20(19(18)22(27)29)26-14-16-6-4-5-12-24-16/h4-13,21,28H,14H2,1-3H3,(H,25,26). The molecule has 148 valence electrons. The molecule has 1 atom stereocenters. The van der Waals surface area contributed by atoms with Crippen molar-refractivity contribution in [2.24, 2.45) is 0 Å². The highest BCUT2D eigenvalue weighted by molar-refractivity contribution is 6.13. The monoisotopic (exact) mass is 388 g/mol. The number of amides is 1. The molecule has 1 aliphatic heterocycles. The highest BCUT2D eigenvalue weighted by Gasteiger charge is 2.39. The quantitative estimate of drug-likeness (QED) is 0.705. The lowest BCUT2D eigenvalue weighted by molar-refractivity contribution is 0.0935. The van der Waals surface area contributed by atoms with E-state index in [0.29, 0.717) is 29.2 Å². The van der Waals surface area contributed by atoms with Crippen molar-refractivity contribution in [3.05, 3.63) is 83.3 Å². The summed E-state index contributed by atoms with van der Waals surface area (Å²) in [6.45, 7) is 6.85. The predicted molar refractivity (Wildman–Crippen MR) is 113 cm³/mol. The first-order chi connectivity index (χ1) is 13.9. The van der Waals surface area contributed by atoms with Crippen LogP contribution in [0.5, 0.6) is 0 Å². The van der Waals surface area contributed by atoms with Crippen molar-refractivity contribution in [1.82, 2.24) is 9.97 Å². The number of anilines is 2. The Morgan fingerprint density at radius 1 is 1.03 bits per heavy atom. The Labute approximate surface area is 170 Å². The minimum atomic E-state index is -1.05. The summed E-state index contributed by atoms with van der Waals surface area (Å²) in [7, 11) is 0. The lowest BCUT2D eigenvalue weighted by Gasteiger charge is -2.23. The molecular weight excluding hydrogens is 364 g/mol. The molecule has 4 rings (SSSR count). The molecule has 29 heavy (non-hydrogen) atoms. The molecule has 0 spiro atoms. The largest absolute Gasteiger partial charge is 0.369 e. The lowest BCUT2D eigenvalue weighted by Crippen LogP contribution is -2.28. The number of carbonyl (C=O) groups excluding carboxylic acids is 1. The molecule has 2 aromatic heterocycles. The maximum atomic E-state index is 13.2. The van der Waals surface area contributed by atoms with Crippen molar-refractivity contribution in [3.63, 3.8) is 0 Å². The number of nitrogens with one attached hydrogen (secondary N) is 1. The van der Waals surface area contributed by atoms with E-state index in [-0.39, 0.29) is 11.3 Å². The second kappa shape index (κ2) is 7.29. The van der Waals surface area contributed by atoms with Crippen LogP contribution in [0.4, 0.5) is 11.5 Å². The number of aliphatic hydroxyl groups excluding tert-OH is 1. The van der Waals surface area contributed by atoms with Gasteiger partial charge in [0, 0.05) is 23.6 Å². The molecule has 3 heterocycles. The van der Waals surface area contributed by atoms with E-state index in [1.54, 1.807) is 18.5 Å². The van der Waals surface area contributed by atoms with Gasteiger partial charge in [0.05, 0.1) is 17.8 Å². The Morgan fingerprint density at radius 3 is 2.45 bits per heavy atom. The zero-order valence-corrected chi connectivity index (χ0v) is 16.8. The van der Waals surface area contributed by atoms with E-state index in [2.05, 4.69) is 36.1 Å². The molecule has 1 unspecified atom stereocenters. The van der Waals surface area contributed by atoms with E-state index < -0.39 is 6.23 Å². The molecule has 0 aliphatic carbocycles. The highest BCUT2D eigenvalue weighted by Crippen LogP contribution is 2.39. The topological polar surface area (TPSA) is 78.4 Å². The van der Waals surface area contributed by atoms with Crippen LogP contribution in [0.3, 0.4) is 0 Å². The molecule has 6 nitrogen and oxygen atoms in total. The molecule has 1 amide bonds. The highest BCUT2D eigenvalue weighted by atomic mass is 16.3. The number of nitrogens with zero attached hydrogens (tertiary/aromatic N) is 3. The molecule has 3 aromatic rings. The SMILES string of the molecule is CC(C)(C)c1ccc(N2C(=O)c3c(ccnc3NCc3ccccn3)C2O)cc1. The van der Waals surface area contributed by atoms with Gasteiger partial charge in [0.15, 0.2) is 6.23 Å². The first kappa shape index (κ1) is 19.1. The molecule has 0 bridgehead atoms. The van der Waals surface area contributed by atoms with Crippen molar-refractivity contribution in [1.29, 1.82) is 0 Å². The lowest BCUT2D eigenvalue weighted by atomic mass is 9.87. The number of hydrogen-bond acceptors (Lipinski definition) is 5. The number of aliphatic hydroxyl groups is 1. The molecule has 0 radical (unpaired) electrons. The number of rotatable bonds is 4. The van der Waals surface area contributed by atoms with E-state index >= 15 is 0 Å². The molecule has 2 N–H and O–H groups in total. The fourth-order valence-electron chi connectivity index (χ4n) is 3.48. The first-order valence-electron chi connectivity index (χ1n) is 9.61. The minimum absolute atomic E-state index is 0.0155. The van der Waals surface area contributed by atoms with Crippen LogP contribution in [0.25, 0.3) is 0 Å². The Morgan fingerprint density at radius 2 is 1.79 bits per heavy atom. The van der Waals surface area contributed by atoms with Gasteiger partial charge in [-0.15, -0.1) is 0 Å². The smallest absolute Gasteiger partial charge is 0.264 e. The zero-order chi connectivity index (χ0) is 20.6. The second-order valence-electron chi connectivity index (χ2n) is 8.14. The van der Waals surface area contributed by atoms with Crippen molar-refractivity contribution in [2.45, 2.75) is 39.0 Å². The summed E-state index contributed by atoms with van der Waals surface area (Å²) >= 11 is 0. The van der Waals surface area contributed by atoms with Crippen LogP contribution < -0.4 is 10.2 Å². The van der Waals surface area contributed by atoms with Crippen LogP contribution in [-0.4, -0.2) is 21.0 Å². The van der Waals surface area contributed by atoms with E-state index in [4.69, 9.17) is 0 Å². The molecule has 6 heteroatoms. The van der Waals surface area contributed by atoms with Gasteiger partial charge in [-0.1, -0.05) is 39.0 Å². The summed E-state index contributed by atoms with van der Waals surface area (Å²) in [5.41, 5.74) is 3.63. The van der Waals surface area contributed by atoms with Gasteiger partial charge >= 0.3 is 0 Å². The zero-order valence-electron chi connectivity index (χ0n) is 16.8. The third-order valence-electron chi connectivity index (χ3n) is 5.11. The molecule has 1 aromatic carbocycles. The van der Waals surface area contributed by atoms with E-state index in [9.17, 15) is 9.90 Å². The summed E-state index contributed by atoms with van der Waals surface area (Å²) in [5.74, 6) is 0.179. The average molecular weight is 388 g/mol. The maximum absolute atomic E-state index is 13.2. The summed E-state index contributed by atoms with van der Waals surface area (Å²) < 4.78 is 0. The molecular formula is C23H24N4O2. The normalized spacial score (nSPS) is 16.1. The van der Waals surface area contributed by atoms with E-state index in [1.165, 1.54) is 10.5 Å². The van der Waals surface area contributed by atoms with Crippen molar-refractivity contribution in [3.8, 4) is 0 Å². The van der Waals surface area contributed by atoms with Gasteiger partial charge in [-0.05, 0) is 41.3 Å². The number of carbonyl (C=O) groups is 1. The molecule has 0 saturated heterocycles. The van der Waals surface area contributed by atoms with Gasteiger partial charge in [-0.3, -0.25) is 14.7 Å². The Kier molecular flexibility index (Phi) is 4.80. The van der Waals surface area contributed by atoms with Gasteiger partial charge < -0.3 is 10.4 Å². The third kappa shape index (κ3) is 3.59. The molecule has 1 aliphatic rings. The summed E-state index contributed by atoms with van der Waals surface area (Å²) in [6, 6.07) is 15.1. The predicted octanol–water partition coefficient (Wildman–Crippen LogP) is 4.04. The van der Waals surface area contributed by atoms with Crippen molar-refractivity contribution >= 4 is 17.4 Å². The number of fused-ring (bicyclic) bond motifs is 1. The van der Waals surface area contributed by atoms with Crippen LogP contribution in [0.2, 0.25) is 0 Å². The fourth-order valence-corrected chi connectivity index (χ4v) is 3.48. The second-order valence-corrected chi connectivity index (χ2v) is 8.14. The van der Waals surface area contributed by atoms with Crippen LogP contribution in [-0.2, 0) is 12.0 Å². The number of aromatic nitrogens is 2. The summed E-state index contributed by atoms with van der Waals surface area (Å²) in [4.78, 5) is 23.2. The average Bonchev–Trinajstić information content (AvgIpc) is 2.97. The van der Waals surface area contributed by atoms with E-state index in [0.717, 1.165) is 5.69 Å². The first-order valence-corrected chi connectivity index (χ1v) is 9.61. The van der Waals surface area contributed by atoms with Gasteiger partial charge in [0.25, 0.3) is 5.91 Å². The minimum Gasteiger partial charge on any atom is -0.369 e. The Bertz CT molecular complexity index is 1030. The van der Waals surface area contributed by atoms with Gasteiger partial charge in [-0.2, -0.15) is 0 Å². The summed E-state index contributed by atoms with van der Waals surface area (Å²) in [6.07, 6.45) is 2.27. The number of hydrogen-bond donors (Lipinski definition) is 2. The van der Waals surface area contributed by atoms with E-state index in [1.807, 2.05) is 42.5 Å². The molecule has 0 saturated carbocycles. The van der Waals surface area contributed by atoms with Crippen LogP contribution in [0.15, 0.2) is 60.9 Å². The van der Waals surface area contributed by atoms with Crippen LogP contribution in [0.1, 0.15) is 54.2 Å². The maximum Gasteiger partial charge on any atom is 0.264 e. The molecule has 0 fully saturated rings. The van der Waals surface area contributed by atoms with Crippen LogP contribution in [0, 0.1) is 0 Å². The Balaban J connectivity index is 1.62. The van der Waals surface area contributed by atoms with Crippen molar-refractivity contribution in [2.75, 3.05) is 10.2 Å². The van der Waals surface area contributed by atoms with Crippen LogP contribution >= 0.6 is 0 Å². The summed E-state index contributed by atoms with van der Waals surface area (Å²) in [5, 5.41) is 14.0. The van der Waals surface area contributed by atoms with Gasteiger partial charge in [-0.25, -0.2) is 4.98 Å².